The molecule has 0 aromatic carbocycles. The summed E-state index contributed by atoms with van der Waals surface area (Å²) in [6, 6.07) is 0. The molecular formula is C8H11BrCl4O. The molecule has 1 nitrogen and oxygen atoms in total. The fourth-order valence-electron chi connectivity index (χ4n) is 0.948. The number of halogens is 5. The van der Waals surface area contributed by atoms with Gasteiger partial charge < -0.3 is 0 Å². The topological polar surface area (TPSA) is 17.1 Å². The van der Waals surface area contributed by atoms with Gasteiger partial charge in [-0.05, 0) is 17.0 Å². The van der Waals surface area contributed by atoms with Crippen molar-refractivity contribution in [3.05, 3.63) is 0 Å². The van der Waals surface area contributed by atoms with Crippen LogP contribution in [-0.2, 0) is 4.79 Å². The molecule has 0 aromatic rings. The lowest BCUT2D eigenvalue weighted by molar-refractivity contribution is -0.113. The Morgan fingerprint density at radius 2 is 1.79 bits per heavy atom. The van der Waals surface area contributed by atoms with Crippen molar-refractivity contribution in [2.45, 2.75) is 35.3 Å². The van der Waals surface area contributed by atoms with Gasteiger partial charge in [0.15, 0.2) is 3.79 Å². The Bertz CT molecular complexity index is 212. The van der Waals surface area contributed by atoms with Crippen molar-refractivity contribution >= 4 is 67.6 Å². The van der Waals surface area contributed by atoms with E-state index in [9.17, 15) is 4.79 Å². The molecule has 0 saturated heterocycles. The van der Waals surface area contributed by atoms with E-state index in [0.717, 1.165) is 0 Å². The summed E-state index contributed by atoms with van der Waals surface area (Å²) in [7, 11) is 0. The summed E-state index contributed by atoms with van der Waals surface area (Å²) in [5, 5.41) is -0.385. The summed E-state index contributed by atoms with van der Waals surface area (Å²) < 4.78 is -1.32. The monoisotopic (exact) mass is 342 g/mol. The van der Waals surface area contributed by atoms with Crippen molar-refractivity contribution in [1.29, 1.82) is 0 Å². The molecule has 0 saturated carbocycles. The zero-order valence-electron chi connectivity index (χ0n) is 7.79. The van der Waals surface area contributed by atoms with Gasteiger partial charge in [0, 0.05) is 17.7 Å². The number of rotatable bonds is 4. The Kier molecular flexibility index (Phi) is 6.10. The minimum Gasteiger partial charge on any atom is -0.281 e. The van der Waals surface area contributed by atoms with Gasteiger partial charge in [-0.25, -0.2) is 0 Å². The van der Waals surface area contributed by atoms with Gasteiger partial charge in [0.05, 0.1) is 0 Å². The number of carbonyl (C=O) groups is 1. The lowest BCUT2D eigenvalue weighted by atomic mass is 9.85. The molecule has 0 fully saturated rings. The maximum absolute atomic E-state index is 10.8. The summed E-state index contributed by atoms with van der Waals surface area (Å²) in [6.45, 7) is 3.78. The predicted octanol–water partition coefficient (Wildman–Crippen LogP) is 4.69. The van der Waals surface area contributed by atoms with Crippen molar-refractivity contribution in [3.8, 4) is 0 Å². The van der Waals surface area contributed by atoms with E-state index in [1.165, 1.54) is 0 Å². The van der Waals surface area contributed by atoms with Crippen molar-refractivity contribution in [2.24, 2.45) is 5.41 Å². The third-order valence-corrected chi connectivity index (χ3v) is 4.01. The second kappa shape index (κ2) is 5.58. The number of hydrogen-bond donors (Lipinski definition) is 0. The van der Waals surface area contributed by atoms with Crippen LogP contribution < -0.4 is 0 Å². The summed E-state index contributed by atoms with van der Waals surface area (Å²) >= 11 is 25.7. The molecule has 0 aliphatic rings. The van der Waals surface area contributed by atoms with E-state index in [2.05, 4.69) is 15.9 Å². The highest BCUT2D eigenvalue weighted by atomic mass is 79.9. The fourth-order valence-corrected chi connectivity index (χ4v) is 2.96. The minimum atomic E-state index is -1.32. The zero-order valence-corrected chi connectivity index (χ0v) is 12.4. The average molecular weight is 345 g/mol. The van der Waals surface area contributed by atoms with Crippen LogP contribution in [0.5, 0.6) is 0 Å². The van der Waals surface area contributed by atoms with E-state index < -0.39 is 3.79 Å². The van der Waals surface area contributed by atoms with E-state index in [1.54, 1.807) is 0 Å². The molecule has 0 rings (SSSR count). The molecule has 0 aliphatic heterocycles. The number of carbonyl (C=O) groups excluding carboxylic acids is 1. The van der Waals surface area contributed by atoms with Crippen LogP contribution in [0.4, 0.5) is 0 Å². The van der Waals surface area contributed by atoms with Crippen molar-refractivity contribution in [2.75, 3.05) is 0 Å². The normalized spacial score (nSPS) is 15.4. The van der Waals surface area contributed by atoms with Gasteiger partial charge in [0.1, 0.15) is 0 Å². The molecule has 0 aromatic heterocycles. The summed E-state index contributed by atoms with van der Waals surface area (Å²) in [5.74, 6) is 0. The molecule has 0 N–H and O–H groups in total. The summed E-state index contributed by atoms with van der Waals surface area (Å²) in [5.41, 5.74) is -0.331. The van der Waals surface area contributed by atoms with Gasteiger partial charge in [0.2, 0.25) is 5.24 Å². The van der Waals surface area contributed by atoms with Gasteiger partial charge in [-0.15, -0.1) is 0 Å². The molecule has 6 heteroatoms. The first-order chi connectivity index (χ1) is 6.04. The quantitative estimate of drug-likeness (QED) is 0.534. The molecule has 0 spiro atoms. The van der Waals surface area contributed by atoms with E-state index >= 15 is 0 Å². The van der Waals surface area contributed by atoms with Gasteiger partial charge in [0.25, 0.3) is 0 Å². The molecule has 1 atom stereocenters. The van der Waals surface area contributed by atoms with Crippen LogP contribution in [0.1, 0.15) is 26.7 Å². The first-order valence-corrected chi connectivity index (χ1v) is 6.36. The highest BCUT2D eigenvalue weighted by Gasteiger charge is 2.35. The lowest BCUT2D eigenvalue weighted by Gasteiger charge is -2.30. The standard InChI is InChI=1S/C8H11BrCl4O/c1-7(2,4-6(10)14)5(9)3-8(11,12)13/h5H,3-4H2,1-2H3. The Balaban J connectivity index is 4.35. The third kappa shape index (κ3) is 6.73. The fraction of sp³-hybridized carbons (Fsp3) is 0.875. The van der Waals surface area contributed by atoms with Crippen LogP contribution in [0.15, 0.2) is 0 Å². The van der Waals surface area contributed by atoms with Crippen LogP contribution in [0.2, 0.25) is 0 Å². The lowest BCUT2D eigenvalue weighted by Crippen LogP contribution is -2.29. The highest BCUT2D eigenvalue weighted by molar-refractivity contribution is 9.09. The smallest absolute Gasteiger partial charge is 0.222 e. The summed E-state index contributed by atoms with van der Waals surface area (Å²) in [6.07, 6.45) is 0.569. The van der Waals surface area contributed by atoms with Crippen LogP contribution in [-0.4, -0.2) is 13.9 Å². The maximum Gasteiger partial charge on any atom is 0.222 e. The molecule has 0 amide bonds. The van der Waals surface area contributed by atoms with Gasteiger partial charge in [-0.1, -0.05) is 64.6 Å². The Hall–Kier alpha value is 1.31. The van der Waals surface area contributed by atoms with Crippen molar-refractivity contribution in [3.63, 3.8) is 0 Å². The first-order valence-electron chi connectivity index (χ1n) is 3.94. The molecule has 0 heterocycles. The molecule has 84 valence electrons. The Morgan fingerprint density at radius 3 is 2.07 bits per heavy atom. The Morgan fingerprint density at radius 1 is 1.36 bits per heavy atom. The molecule has 0 aliphatic carbocycles. The predicted molar refractivity (Wildman–Crippen MR) is 66.9 cm³/mol. The Labute approximate surface area is 113 Å². The molecule has 1 unspecified atom stereocenters. The van der Waals surface area contributed by atoms with Gasteiger partial charge >= 0.3 is 0 Å². The van der Waals surface area contributed by atoms with E-state index in [4.69, 9.17) is 46.4 Å². The van der Waals surface area contributed by atoms with Crippen molar-refractivity contribution in [1.82, 2.24) is 0 Å². The van der Waals surface area contributed by atoms with E-state index in [0.29, 0.717) is 6.42 Å². The van der Waals surface area contributed by atoms with E-state index in [1.807, 2.05) is 13.8 Å². The van der Waals surface area contributed by atoms with Gasteiger partial charge in [-0.2, -0.15) is 0 Å². The second-order valence-corrected chi connectivity index (χ2v) is 7.85. The largest absolute Gasteiger partial charge is 0.281 e. The maximum atomic E-state index is 10.8. The highest BCUT2D eigenvalue weighted by Crippen LogP contribution is 2.41. The number of hydrogen-bond acceptors (Lipinski definition) is 1. The minimum absolute atomic E-state index is 0.0785. The van der Waals surface area contributed by atoms with E-state index in [-0.39, 0.29) is 21.9 Å². The van der Waals surface area contributed by atoms with Gasteiger partial charge in [-0.3, -0.25) is 4.79 Å². The molecule has 0 radical (unpaired) electrons. The summed E-state index contributed by atoms with van der Waals surface area (Å²) in [4.78, 5) is 10.7. The van der Waals surface area contributed by atoms with Crippen LogP contribution in [0, 0.1) is 5.41 Å². The molecule has 14 heavy (non-hydrogen) atoms. The number of alkyl halides is 4. The van der Waals surface area contributed by atoms with Crippen LogP contribution in [0.25, 0.3) is 0 Å². The average Bonchev–Trinajstić information content (AvgIpc) is 1.79. The molecular weight excluding hydrogens is 334 g/mol. The third-order valence-electron chi connectivity index (χ3n) is 1.85. The van der Waals surface area contributed by atoms with Crippen LogP contribution in [0.3, 0.4) is 0 Å². The zero-order chi connectivity index (χ0) is 11.6. The van der Waals surface area contributed by atoms with Crippen molar-refractivity contribution < 1.29 is 4.79 Å². The SMILES string of the molecule is CC(C)(CC(=O)Cl)C(Br)CC(Cl)(Cl)Cl. The second-order valence-electron chi connectivity index (χ2n) is 3.81. The molecule has 0 bridgehead atoms. The first kappa shape index (κ1) is 15.3. The van der Waals surface area contributed by atoms with Crippen LogP contribution >= 0.6 is 62.3 Å².